The quantitative estimate of drug-likeness (QED) is 0.820. The van der Waals surface area contributed by atoms with Crippen molar-refractivity contribution in [2.24, 2.45) is 0 Å². The SMILES string of the molecule is COC(=O)c1ccc(Cl)c(CNC2(CO)CCCC2)c1. The summed E-state index contributed by atoms with van der Waals surface area (Å²) < 4.78 is 4.71. The molecule has 1 fully saturated rings. The summed E-state index contributed by atoms with van der Waals surface area (Å²) in [6.45, 7) is 0.658. The van der Waals surface area contributed by atoms with Gasteiger partial charge < -0.3 is 15.2 Å². The zero-order chi connectivity index (χ0) is 14.6. The smallest absolute Gasteiger partial charge is 0.337 e. The van der Waals surface area contributed by atoms with E-state index in [2.05, 4.69) is 5.32 Å². The number of methoxy groups -OCH3 is 1. The van der Waals surface area contributed by atoms with E-state index in [4.69, 9.17) is 16.3 Å². The van der Waals surface area contributed by atoms with Gasteiger partial charge in [0, 0.05) is 17.1 Å². The molecule has 20 heavy (non-hydrogen) atoms. The lowest BCUT2D eigenvalue weighted by Gasteiger charge is -2.28. The van der Waals surface area contributed by atoms with Gasteiger partial charge in [0.2, 0.25) is 0 Å². The van der Waals surface area contributed by atoms with Crippen LogP contribution in [0.25, 0.3) is 0 Å². The minimum Gasteiger partial charge on any atom is -0.465 e. The molecule has 1 saturated carbocycles. The van der Waals surface area contributed by atoms with Crippen molar-refractivity contribution in [1.82, 2.24) is 5.32 Å². The number of ether oxygens (including phenoxy) is 1. The molecule has 0 unspecified atom stereocenters. The number of aliphatic hydroxyl groups is 1. The first-order valence-electron chi connectivity index (χ1n) is 6.83. The van der Waals surface area contributed by atoms with E-state index < -0.39 is 0 Å². The van der Waals surface area contributed by atoms with Gasteiger partial charge in [-0.1, -0.05) is 24.4 Å². The van der Waals surface area contributed by atoms with E-state index in [-0.39, 0.29) is 18.1 Å². The second-order valence-electron chi connectivity index (χ2n) is 5.30. The maximum atomic E-state index is 11.5. The van der Waals surface area contributed by atoms with E-state index >= 15 is 0 Å². The highest BCUT2D eigenvalue weighted by molar-refractivity contribution is 6.31. The number of rotatable bonds is 5. The van der Waals surface area contributed by atoms with Gasteiger partial charge in [0.1, 0.15) is 0 Å². The van der Waals surface area contributed by atoms with Gasteiger partial charge in [-0.2, -0.15) is 0 Å². The average Bonchev–Trinajstić information content (AvgIpc) is 2.95. The number of benzene rings is 1. The number of hydrogen-bond acceptors (Lipinski definition) is 4. The molecular weight excluding hydrogens is 278 g/mol. The van der Waals surface area contributed by atoms with E-state index in [1.807, 2.05) is 0 Å². The third kappa shape index (κ3) is 3.32. The van der Waals surface area contributed by atoms with Crippen LogP contribution in [0.15, 0.2) is 18.2 Å². The van der Waals surface area contributed by atoms with Crippen LogP contribution in [0.5, 0.6) is 0 Å². The lowest BCUT2D eigenvalue weighted by atomic mass is 9.98. The van der Waals surface area contributed by atoms with Crippen molar-refractivity contribution in [2.45, 2.75) is 37.8 Å². The first-order chi connectivity index (χ1) is 9.60. The molecular formula is C15H20ClNO3. The summed E-state index contributed by atoms with van der Waals surface area (Å²) in [6.07, 6.45) is 4.20. The predicted octanol–water partition coefficient (Wildman–Crippen LogP) is 2.52. The molecule has 0 amide bonds. The number of esters is 1. The second-order valence-corrected chi connectivity index (χ2v) is 5.70. The zero-order valence-corrected chi connectivity index (χ0v) is 12.4. The lowest BCUT2D eigenvalue weighted by molar-refractivity contribution is 0.0600. The minimum absolute atomic E-state index is 0.126. The molecule has 0 saturated heterocycles. The number of halogens is 1. The second kappa shape index (κ2) is 6.57. The van der Waals surface area contributed by atoms with Gasteiger partial charge in [0.05, 0.1) is 19.3 Å². The molecule has 0 spiro atoms. The standard InChI is InChI=1S/C15H20ClNO3/c1-20-14(19)11-4-5-13(16)12(8-11)9-17-15(10-18)6-2-3-7-15/h4-5,8,17-18H,2-3,6-7,9-10H2,1H3. The summed E-state index contributed by atoms with van der Waals surface area (Å²) in [5, 5.41) is 13.6. The van der Waals surface area contributed by atoms with E-state index in [1.54, 1.807) is 18.2 Å². The summed E-state index contributed by atoms with van der Waals surface area (Å²) in [7, 11) is 1.36. The molecule has 0 radical (unpaired) electrons. The maximum absolute atomic E-state index is 11.5. The van der Waals surface area contributed by atoms with Crippen molar-refractivity contribution in [3.8, 4) is 0 Å². The fraction of sp³-hybridized carbons (Fsp3) is 0.533. The molecule has 1 aromatic rings. The average molecular weight is 298 g/mol. The Hall–Kier alpha value is -1.10. The van der Waals surface area contributed by atoms with Gasteiger partial charge in [0.25, 0.3) is 0 Å². The third-order valence-electron chi connectivity index (χ3n) is 3.98. The van der Waals surface area contributed by atoms with Crippen molar-refractivity contribution in [1.29, 1.82) is 0 Å². The number of nitrogens with one attached hydrogen (secondary N) is 1. The molecule has 1 aromatic carbocycles. The summed E-state index contributed by atoms with van der Waals surface area (Å²) >= 11 is 6.16. The van der Waals surface area contributed by atoms with E-state index in [0.29, 0.717) is 17.1 Å². The predicted molar refractivity (Wildman–Crippen MR) is 77.9 cm³/mol. The highest BCUT2D eigenvalue weighted by atomic mass is 35.5. The Labute approximate surface area is 124 Å². The minimum atomic E-state index is -0.374. The maximum Gasteiger partial charge on any atom is 0.337 e. The number of carbonyl (C=O) groups is 1. The molecule has 2 N–H and O–H groups in total. The van der Waals surface area contributed by atoms with Gasteiger partial charge in [0.15, 0.2) is 0 Å². The highest BCUT2D eigenvalue weighted by Crippen LogP contribution is 2.30. The van der Waals surface area contributed by atoms with E-state index in [1.165, 1.54) is 7.11 Å². The molecule has 0 atom stereocenters. The normalized spacial score (nSPS) is 17.1. The van der Waals surface area contributed by atoms with Crippen LogP contribution in [0, 0.1) is 0 Å². The Morgan fingerprint density at radius 2 is 2.15 bits per heavy atom. The molecule has 0 heterocycles. The molecule has 0 bridgehead atoms. The summed E-state index contributed by atoms with van der Waals surface area (Å²) in [5.41, 5.74) is 1.12. The van der Waals surface area contributed by atoms with Crippen LogP contribution in [-0.2, 0) is 11.3 Å². The van der Waals surface area contributed by atoms with Crippen LogP contribution in [-0.4, -0.2) is 30.3 Å². The molecule has 0 aliphatic heterocycles. The van der Waals surface area contributed by atoms with Crippen LogP contribution >= 0.6 is 11.6 Å². The van der Waals surface area contributed by atoms with Gasteiger partial charge in [-0.25, -0.2) is 4.79 Å². The third-order valence-corrected chi connectivity index (χ3v) is 4.35. The highest BCUT2D eigenvalue weighted by Gasteiger charge is 2.32. The molecule has 1 aliphatic rings. The Balaban J connectivity index is 2.10. The molecule has 0 aromatic heterocycles. The number of aliphatic hydroxyl groups excluding tert-OH is 1. The van der Waals surface area contributed by atoms with E-state index in [9.17, 15) is 9.90 Å². The van der Waals surface area contributed by atoms with E-state index in [0.717, 1.165) is 31.2 Å². The number of carbonyl (C=O) groups excluding carboxylic acids is 1. The topological polar surface area (TPSA) is 58.6 Å². The first-order valence-corrected chi connectivity index (χ1v) is 7.21. The van der Waals surface area contributed by atoms with Gasteiger partial charge in [-0.15, -0.1) is 0 Å². The van der Waals surface area contributed by atoms with Gasteiger partial charge in [-0.05, 0) is 36.6 Å². The van der Waals surface area contributed by atoms with Crippen molar-refractivity contribution < 1.29 is 14.6 Å². The van der Waals surface area contributed by atoms with Crippen LogP contribution in [0.4, 0.5) is 0 Å². The Morgan fingerprint density at radius 3 is 2.75 bits per heavy atom. The monoisotopic (exact) mass is 297 g/mol. The molecule has 110 valence electrons. The Kier molecular flexibility index (Phi) is 5.02. The van der Waals surface area contributed by atoms with Crippen LogP contribution in [0.3, 0.4) is 0 Å². The molecule has 2 rings (SSSR count). The largest absolute Gasteiger partial charge is 0.465 e. The Bertz CT molecular complexity index is 484. The van der Waals surface area contributed by atoms with Gasteiger partial charge >= 0.3 is 5.97 Å². The first kappa shape index (κ1) is 15.3. The van der Waals surface area contributed by atoms with Crippen molar-refractivity contribution in [3.05, 3.63) is 34.3 Å². The molecule has 1 aliphatic carbocycles. The van der Waals surface area contributed by atoms with Crippen LogP contribution in [0.1, 0.15) is 41.6 Å². The van der Waals surface area contributed by atoms with Crippen LogP contribution < -0.4 is 5.32 Å². The van der Waals surface area contributed by atoms with Crippen molar-refractivity contribution in [3.63, 3.8) is 0 Å². The van der Waals surface area contributed by atoms with Crippen molar-refractivity contribution >= 4 is 17.6 Å². The zero-order valence-electron chi connectivity index (χ0n) is 11.6. The lowest BCUT2D eigenvalue weighted by Crippen LogP contribution is -2.45. The summed E-state index contributed by atoms with van der Waals surface area (Å²) in [6, 6.07) is 5.08. The van der Waals surface area contributed by atoms with Gasteiger partial charge in [-0.3, -0.25) is 0 Å². The summed E-state index contributed by atoms with van der Waals surface area (Å²) in [5.74, 6) is -0.374. The number of hydrogen-bond donors (Lipinski definition) is 2. The van der Waals surface area contributed by atoms with Crippen LogP contribution in [0.2, 0.25) is 5.02 Å². The fourth-order valence-electron chi connectivity index (χ4n) is 2.68. The Morgan fingerprint density at radius 1 is 1.45 bits per heavy atom. The molecule has 5 heteroatoms. The molecule has 4 nitrogen and oxygen atoms in total. The summed E-state index contributed by atoms with van der Waals surface area (Å²) in [4.78, 5) is 11.5. The van der Waals surface area contributed by atoms with Crippen molar-refractivity contribution in [2.75, 3.05) is 13.7 Å². The fourth-order valence-corrected chi connectivity index (χ4v) is 2.86.